The van der Waals surface area contributed by atoms with Crippen LogP contribution in [0.15, 0.2) is 24.3 Å². The summed E-state index contributed by atoms with van der Waals surface area (Å²) in [5, 5.41) is 0.796. The Morgan fingerprint density at radius 2 is 1.94 bits per heavy atom. The van der Waals surface area contributed by atoms with E-state index >= 15 is 0 Å². The highest BCUT2D eigenvalue weighted by Gasteiger charge is 2.26. The van der Waals surface area contributed by atoms with Gasteiger partial charge in [-0.25, -0.2) is 0 Å². The molecule has 3 unspecified atom stereocenters. The fourth-order valence-corrected chi connectivity index (χ4v) is 2.84. The van der Waals surface area contributed by atoms with Crippen molar-refractivity contribution in [3.8, 4) is 0 Å². The lowest BCUT2D eigenvalue weighted by molar-refractivity contribution is 0.124. The average Bonchev–Trinajstić information content (AvgIpc) is 2.28. The minimum Gasteiger partial charge on any atom is -0.327 e. The minimum absolute atomic E-state index is 0.313. The van der Waals surface area contributed by atoms with Crippen LogP contribution in [0.1, 0.15) is 31.9 Å². The van der Waals surface area contributed by atoms with Gasteiger partial charge in [0.05, 0.1) is 0 Å². The number of hydrogen-bond acceptors (Lipinski definition) is 2. The maximum Gasteiger partial charge on any atom is 0.0406 e. The van der Waals surface area contributed by atoms with Crippen LogP contribution in [0.2, 0.25) is 5.02 Å². The van der Waals surface area contributed by atoms with E-state index in [4.69, 9.17) is 17.3 Å². The number of halogens is 1. The quantitative estimate of drug-likeness (QED) is 0.877. The number of rotatable bonds is 2. The van der Waals surface area contributed by atoms with Crippen molar-refractivity contribution in [2.75, 3.05) is 13.1 Å². The Morgan fingerprint density at radius 3 is 2.53 bits per heavy atom. The molecule has 2 N–H and O–H groups in total. The van der Waals surface area contributed by atoms with Crippen LogP contribution >= 0.6 is 11.6 Å². The monoisotopic (exact) mass is 252 g/mol. The van der Waals surface area contributed by atoms with Crippen molar-refractivity contribution in [1.29, 1.82) is 0 Å². The van der Waals surface area contributed by atoms with Gasteiger partial charge in [0.15, 0.2) is 0 Å². The smallest absolute Gasteiger partial charge is 0.0406 e. The van der Waals surface area contributed by atoms with Crippen molar-refractivity contribution in [1.82, 2.24) is 4.90 Å². The van der Waals surface area contributed by atoms with Gasteiger partial charge in [-0.2, -0.15) is 0 Å². The molecule has 1 aromatic rings. The van der Waals surface area contributed by atoms with E-state index in [0.717, 1.165) is 24.5 Å². The van der Waals surface area contributed by atoms with Crippen LogP contribution in [0.5, 0.6) is 0 Å². The molecule has 2 rings (SSSR count). The van der Waals surface area contributed by atoms with Gasteiger partial charge in [-0.3, -0.25) is 4.90 Å². The van der Waals surface area contributed by atoms with E-state index in [1.807, 2.05) is 12.1 Å². The molecule has 94 valence electrons. The molecule has 1 aliphatic heterocycles. The third-order valence-electron chi connectivity index (χ3n) is 3.62. The van der Waals surface area contributed by atoms with Crippen molar-refractivity contribution in [3.63, 3.8) is 0 Å². The zero-order chi connectivity index (χ0) is 12.4. The summed E-state index contributed by atoms with van der Waals surface area (Å²) in [5.41, 5.74) is 7.41. The number of hydrogen-bond donors (Lipinski definition) is 1. The zero-order valence-electron chi connectivity index (χ0n) is 10.6. The molecule has 0 aromatic heterocycles. The number of piperidine rings is 1. The second-order valence-electron chi connectivity index (χ2n) is 5.28. The number of benzene rings is 1. The molecule has 1 aliphatic rings. The molecule has 17 heavy (non-hydrogen) atoms. The molecule has 0 radical (unpaired) electrons. The van der Waals surface area contributed by atoms with Crippen LogP contribution in [0.25, 0.3) is 0 Å². The van der Waals surface area contributed by atoms with E-state index in [1.54, 1.807) is 0 Å². The molecule has 1 aromatic carbocycles. The van der Waals surface area contributed by atoms with Crippen LogP contribution in [0.3, 0.4) is 0 Å². The van der Waals surface area contributed by atoms with Crippen molar-refractivity contribution in [3.05, 3.63) is 34.9 Å². The average molecular weight is 253 g/mol. The molecule has 0 bridgehead atoms. The molecule has 1 fully saturated rings. The Bertz CT molecular complexity index is 353. The predicted molar refractivity (Wildman–Crippen MR) is 73.2 cm³/mol. The maximum atomic E-state index is 6.09. The highest BCUT2D eigenvalue weighted by Crippen LogP contribution is 2.26. The fourth-order valence-electron chi connectivity index (χ4n) is 2.71. The van der Waals surface area contributed by atoms with Crippen molar-refractivity contribution in [2.24, 2.45) is 11.7 Å². The van der Waals surface area contributed by atoms with Gasteiger partial charge >= 0.3 is 0 Å². The van der Waals surface area contributed by atoms with Crippen LogP contribution in [0.4, 0.5) is 0 Å². The van der Waals surface area contributed by atoms with Gasteiger partial charge in [-0.1, -0.05) is 30.7 Å². The van der Waals surface area contributed by atoms with Gasteiger partial charge in [0, 0.05) is 30.2 Å². The van der Waals surface area contributed by atoms with E-state index in [-0.39, 0.29) is 0 Å². The first-order valence-electron chi connectivity index (χ1n) is 6.31. The summed E-state index contributed by atoms with van der Waals surface area (Å²) < 4.78 is 0. The summed E-state index contributed by atoms with van der Waals surface area (Å²) in [6, 6.07) is 8.87. The summed E-state index contributed by atoms with van der Waals surface area (Å²) in [4.78, 5) is 2.47. The lowest BCUT2D eigenvalue weighted by Crippen LogP contribution is -2.47. The van der Waals surface area contributed by atoms with E-state index in [1.165, 1.54) is 5.56 Å². The van der Waals surface area contributed by atoms with Crippen molar-refractivity contribution >= 4 is 11.6 Å². The van der Waals surface area contributed by atoms with E-state index in [2.05, 4.69) is 30.9 Å². The van der Waals surface area contributed by atoms with Gasteiger partial charge in [0.25, 0.3) is 0 Å². The van der Waals surface area contributed by atoms with Crippen molar-refractivity contribution < 1.29 is 0 Å². The van der Waals surface area contributed by atoms with Gasteiger partial charge in [-0.05, 0) is 37.0 Å². The number of nitrogens with zero attached hydrogens (tertiary/aromatic N) is 1. The molecule has 0 spiro atoms. The summed E-state index contributed by atoms with van der Waals surface area (Å²) in [6.45, 7) is 6.65. The van der Waals surface area contributed by atoms with E-state index in [0.29, 0.717) is 18.0 Å². The Hall–Kier alpha value is -0.570. The first-order valence-corrected chi connectivity index (χ1v) is 6.69. The van der Waals surface area contributed by atoms with Gasteiger partial charge in [0.2, 0.25) is 0 Å². The number of nitrogens with two attached hydrogens (primary N) is 1. The lowest BCUT2D eigenvalue weighted by atomic mass is 9.94. The molecule has 0 aliphatic carbocycles. The Morgan fingerprint density at radius 1 is 1.29 bits per heavy atom. The SMILES string of the molecule is CC1CC(N)CN(C(C)c2ccc(Cl)cc2)C1. The second-order valence-corrected chi connectivity index (χ2v) is 5.72. The third-order valence-corrected chi connectivity index (χ3v) is 3.87. The highest BCUT2D eigenvalue weighted by molar-refractivity contribution is 6.30. The van der Waals surface area contributed by atoms with Crippen LogP contribution in [-0.4, -0.2) is 24.0 Å². The van der Waals surface area contributed by atoms with E-state index < -0.39 is 0 Å². The van der Waals surface area contributed by atoms with Gasteiger partial charge in [0.1, 0.15) is 0 Å². The van der Waals surface area contributed by atoms with Crippen molar-refractivity contribution in [2.45, 2.75) is 32.4 Å². The maximum absolute atomic E-state index is 6.09. The van der Waals surface area contributed by atoms with Gasteiger partial charge in [-0.15, -0.1) is 0 Å². The topological polar surface area (TPSA) is 29.3 Å². The Kier molecular flexibility index (Phi) is 4.08. The van der Waals surface area contributed by atoms with Crippen LogP contribution < -0.4 is 5.73 Å². The van der Waals surface area contributed by atoms with Gasteiger partial charge < -0.3 is 5.73 Å². The first-order chi connectivity index (χ1) is 8.06. The predicted octanol–water partition coefficient (Wildman–Crippen LogP) is 3.07. The van der Waals surface area contributed by atoms with Crippen LogP contribution in [0, 0.1) is 5.92 Å². The lowest BCUT2D eigenvalue weighted by Gasteiger charge is -2.38. The molecule has 0 saturated carbocycles. The standard InChI is InChI=1S/C14H21ClN2/c1-10-7-14(16)9-17(8-10)11(2)12-3-5-13(15)6-4-12/h3-6,10-11,14H,7-9,16H2,1-2H3. The highest BCUT2D eigenvalue weighted by atomic mass is 35.5. The summed E-state index contributed by atoms with van der Waals surface area (Å²) in [6.07, 6.45) is 1.14. The second kappa shape index (κ2) is 5.38. The minimum atomic E-state index is 0.313. The summed E-state index contributed by atoms with van der Waals surface area (Å²) >= 11 is 5.91. The third kappa shape index (κ3) is 3.21. The molecule has 0 amide bonds. The number of likely N-dealkylation sites (tertiary alicyclic amines) is 1. The normalized spacial score (nSPS) is 28.0. The fraction of sp³-hybridized carbons (Fsp3) is 0.571. The summed E-state index contributed by atoms with van der Waals surface area (Å²) in [5.74, 6) is 0.688. The molecular formula is C14H21ClN2. The Balaban J connectivity index is 2.08. The molecule has 2 nitrogen and oxygen atoms in total. The molecular weight excluding hydrogens is 232 g/mol. The molecule has 1 saturated heterocycles. The van der Waals surface area contributed by atoms with E-state index in [9.17, 15) is 0 Å². The Labute approximate surface area is 109 Å². The molecule has 1 heterocycles. The first kappa shape index (κ1) is 12.9. The molecule has 3 atom stereocenters. The largest absolute Gasteiger partial charge is 0.327 e. The molecule has 3 heteroatoms. The zero-order valence-corrected chi connectivity index (χ0v) is 11.3. The van der Waals surface area contributed by atoms with Crippen LogP contribution in [-0.2, 0) is 0 Å². The summed E-state index contributed by atoms with van der Waals surface area (Å²) in [7, 11) is 0.